The Morgan fingerprint density at radius 3 is 2.17 bits per heavy atom. The second-order valence-corrected chi connectivity index (χ2v) is 7.19. The third-order valence-electron chi connectivity index (χ3n) is 5.14. The van der Waals surface area contributed by atoms with E-state index in [-0.39, 0.29) is 6.17 Å². The average Bonchev–Trinajstić information content (AvgIpc) is 2.77. The van der Waals surface area contributed by atoms with Crippen molar-refractivity contribution >= 4 is 5.70 Å². The van der Waals surface area contributed by atoms with E-state index >= 15 is 0 Å². The summed E-state index contributed by atoms with van der Waals surface area (Å²) < 4.78 is 0. The van der Waals surface area contributed by atoms with Crippen LogP contribution in [-0.4, -0.2) is 23.9 Å². The summed E-state index contributed by atoms with van der Waals surface area (Å²) in [6.07, 6.45) is 0.252. The normalized spacial score (nSPS) is 18.0. The molecule has 2 aromatic rings. The van der Waals surface area contributed by atoms with Crippen LogP contribution in [0.3, 0.4) is 0 Å². The van der Waals surface area contributed by atoms with E-state index in [1.807, 2.05) is 0 Å². The monoisotopic (exact) mass is 320 g/mol. The van der Waals surface area contributed by atoms with Crippen molar-refractivity contribution in [2.75, 3.05) is 14.1 Å². The lowest BCUT2D eigenvalue weighted by Crippen LogP contribution is -2.27. The molecule has 1 unspecified atom stereocenters. The highest BCUT2D eigenvalue weighted by Crippen LogP contribution is 2.43. The molecule has 0 bridgehead atoms. The van der Waals surface area contributed by atoms with Crippen LogP contribution in [0, 0.1) is 6.92 Å². The quantitative estimate of drug-likeness (QED) is 0.749. The molecule has 0 N–H and O–H groups in total. The first-order chi connectivity index (χ1) is 11.4. The van der Waals surface area contributed by atoms with Gasteiger partial charge in [0.25, 0.3) is 0 Å². The summed E-state index contributed by atoms with van der Waals surface area (Å²) in [5, 5.41) is 0. The van der Waals surface area contributed by atoms with Crippen molar-refractivity contribution in [2.45, 2.75) is 39.8 Å². The maximum absolute atomic E-state index is 2.42. The summed E-state index contributed by atoms with van der Waals surface area (Å²) >= 11 is 0. The van der Waals surface area contributed by atoms with Crippen molar-refractivity contribution in [3.05, 3.63) is 76.5 Å². The minimum atomic E-state index is 0.252. The van der Waals surface area contributed by atoms with E-state index in [1.165, 1.54) is 33.6 Å². The largest absolute Gasteiger partial charge is 0.352 e. The maximum Gasteiger partial charge on any atom is 0.127 e. The van der Waals surface area contributed by atoms with E-state index in [0.717, 1.165) is 0 Å². The molecule has 0 fully saturated rings. The minimum Gasteiger partial charge on any atom is -0.352 e. The lowest BCUT2D eigenvalue weighted by atomic mass is 9.93. The van der Waals surface area contributed by atoms with Crippen LogP contribution in [-0.2, 0) is 0 Å². The molecule has 0 aromatic heterocycles. The molecule has 0 amide bonds. The summed E-state index contributed by atoms with van der Waals surface area (Å²) in [4.78, 5) is 4.81. The highest BCUT2D eigenvalue weighted by Gasteiger charge is 2.34. The number of benzene rings is 2. The second-order valence-electron chi connectivity index (χ2n) is 7.19. The Kier molecular flexibility index (Phi) is 4.40. The van der Waals surface area contributed by atoms with Crippen molar-refractivity contribution in [1.29, 1.82) is 0 Å². The highest BCUT2D eigenvalue weighted by atomic mass is 15.4. The SMILES string of the molecule is CC1=C(c2cc(C)ccc2C(C)C)N(C)C(c2ccccc2)N1C. The van der Waals surface area contributed by atoms with E-state index in [4.69, 9.17) is 0 Å². The van der Waals surface area contributed by atoms with Crippen molar-refractivity contribution in [3.8, 4) is 0 Å². The van der Waals surface area contributed by atoms with Crippen LogP contribution in [0.4, 0.5) is 0 Å². The molecule has 3 rings (SSSR count). The highest BCUT2D eigenvalue weighted by molar-refractivity contribution is 5.72. The van der Waals surface area contributed by atoms with Gasteiger partial charge < -0.3 is 9.80 Å². The van der Waals surface area contributed by atoms with Crippen LogP contribution in [0.2, 0.25) is 0 Å². The number of allylic oxidation sites excluding steroid dienone is 1. The molecule has 1 atom stereocenters. The summed E-state index contributed by atoms with van der Waals surface area (Å²) in [6.45, 7) is 8.97. The number of hydrogen-bond acceptors (Lipinski definition) is 2. The standard InChI is InChI=1S/C22H28N2/c1-15(2)19-13-12-16(3)14-20(19)21-17(4)23(5)22(24(21)6)18-10-8-7-9-11-18/h7-15,22H,1-6H3. The Balaban J connectivity index is 2.11. The van der Waals surface area contributed by atoms with Gasteiger partial charge in [0.1, 0.15) is 6.17 Å². The van der Waals surface area contributed by atoms with E-state index in [9.17, 15) is 0 Å². The zero-order valence-electron chi connectivity index (χ0n) is 15.7. The molecular formula is C22H28N2. The molecule has 1 aliphatic rings. The fraction of sp³-hybridized carbons (Fsp3) is 0.364. The Bertz CT molecular complexity index is 759. The summed E-state index contributed by atoms with van der Waals surface area (Å²) in [5.41, 5.74) is 8.11. The molecule has 2 nitrogen and oxygen atoms in total. The number of aryl methyl sites for hydroxylation is 1. The van der Waals surface area contributed by atoms with Gasteiger partial charge in [-0.2, -0.15) is 0 Å². The first-order valence-corrected chi connectivity index (χ1v) is 8.74. The van der Waals surface area contributed by atoms with Gasteiger partial charge in [0.2, 0.25) is 0 Å². The van der Waals surface area contributed by atoms with E-state index in [0.29, 0.717) is 5.92 Å². The van der Waals surface area contributed by atoms with Gasteiger partial charge in [-0.15, -0.1) is 0 Å². The predicted molar refractivity (Wildman–Crippen MR) is 103 cm³/mol. The van der Waals surface area contributed by atoms with Crippen molar-refractivity contribution in [1.82, 2.24) is 9.80 Å². The van der Waals surface area contributed by atoms with Crippen molar-refractivity contribution in [2.24, 2.45) is 0 Å². The molecule has 2 aromatic carbocycles. The molecule has 1 aliphatic heterocycles. The minimum absolute atomic E-state index is 0.252. The van der Waals surface area contributed by atoms with Crippen LogP contribution in [0.15, 0.2) is 54.2 Å². The molecule has 0 radical (unpaired) electrons. The maximum atomic E-state index is 2.42. The predicted octanol–water partition coefficient (Wildman–Crippen LogP) is 5.38. The molecule has 0 saturated carbocycles. The van der Waals surface area contributed by atoms with E-state index in [2.05, 4.69) is 100 Å². The Labute approximate surface area is 146 Å². The molecule has 126 valence electrons. The molecule has 2 heteroatoms. The summed E-state index contributed by atoms with van der Waals surface area (Å²) in [6, 6.07) is 17.6. The van der Waals surface area contributed by atoms with Gasteiger partial charge in [0.05, 0.1) is 5.70 Å². The van der Waals surface area contributed by atoms with Crippen LogP contribution in [0.25, 0.3) is 5.70 Å². The van der Waals surface area contributed by atoms with Gasteiger partial charge in [-0.25, -0.2) is 0 Å². The van der Waals surface area contributed by atoms with Crippen LogP contribution in [0.5, 0.6) is 0 Å². The van der Waals surface area contributed by atoms with Gasteiger partial charge in [-0.05, 0) is 37.0 Å². The molecule has 0 saturated heterocycles. The van der Waals surface area contributed by atoms with E-state index < -0.39 is 0 Å². The van der Waals surface area contributed by atoms with Crippen molar-refractivity contribution in [3.63, 3.8) is 0 Å². The number of hydrogen-bond donors (Lipinski definition) is 0. The van der Waals surface area contributed by atoms with Gasteiger partial charge in [-0.1, -0.05) is 61.9 Å². The smallest absolute Gasteiger partial charge is 0.127 e. The first kappa shape index (κ1) is 16.6. The van der Waals surface area contributed by atoms with Crippen LogP contribution in [0.1, 0.15) is 55.1 Å². The van der Waals surface area contributed by atoms with Gasteiger partial charge in [0.15, 0.2) is 0 Å². The zero-order chi connectivity index (χ0) is 17.4. The lowest BCUT2D eigenvalue weighted by Gasteiger charge is -2.30. The number of rotatable bonds is 3. The van der Waals surface area contributed by atoms with E-state index in [1.54, 1.807) is 0 Å². The molecular weight excluding hydrogens is 292 g/mol. The van der Waals surface area contributed by atoms with Gasteiger partial charge >= 0.3 is 0 Å². The fourth-order valence-corrected chi connectivity index (χ4v) is 3.82. The zero-order valence-corrected chi connectivity index (χ0v) is 15.7. The van der Waals surface area contributed by atoms with Gasteiger partial charge in [0, 0.05) is 25.4 Å². The first-order valence-electron chi connectivity index (χ1n) is 8.74. The third-order valence-corrected chi connectivity index (χ3v) is 5.14. The topological polar surface area (TPSA) is 6.48 Å². The van der Waals surface area contributed by atoms with Crippen molar-refractivity contribution < 1.29 is 0 Å². The van der Waals surface area contributed by atoms with Crippen LogP contribution >= 0.6 is 0 Å². The molecule has 0 aliphatic carbocycles. The second kappa shape index (κ2) is 6.35. The third kappa shape index (κ3) is 2.71. The fourth-order valence-electron chi connectivity index (χ4n) is 3.82. The average molecular weight is 320 g/mol. The molecule has 0 spiro atoms. The Morgan fingerprint density at radius 2 is 1.54 bits per heavy atom. The van der Waals surface area contributed by atoms with Gasteiger partial charge in [-0.3, -0.25) is 0 Å². The Morgan fingerprint density at radius 1 is 0.875 bits per heavy atom. The van der Waals surface area contributed by atoms with Crippen LogP contribution < -0.4 is 0 Å². The number of nitrogens with zero attached hydrogens (tertiary/aromatic N) is 2. The Hall–Kier alpha value is -2.22. The lowest BCUT2D eigenvalue weighted by molar-refractivity contribution is 0.205. The summed E-state index contributed by atoms with van der Waals surface area (Å²) in [7, 11) is 4.41. The molecule has 1 heterocycles. The molecule has 24 heavy (non-hydrogen) atoms. The summed E-state index contributed by atoms with van der Waals surface area (Å²) in [5.74, 6) is 0.510.